The molecule has 0 saturated carbocycles. The molecule has 0 spiro atoms. The Hall–Kier alpha value is -2.40. The quantitative estimate of drug-likeness (QED) is 0.920. The maximum Gasteiger partial charge on any atom is 0.164 e. The van der Waals surface area contributed by atoms with E-state index in [1.807, 2.05) is 36.4 Å². The van der Waals surface area contributed by atoms with Gasteiger partial charge in [-0.1, -0.05) is 0 Å². The number of hydrogen-bond acceptors (Lipinski definition) is 5. The molecule has 0 aliphatic carbocycles. The summed E-state index contributed by atoms with van der Waals surface area (Å²) in [4.78, 5) is 2.12. The molecular formula is C17H19NO4. The van der Waals surface area contributed by atoms with Crippen LogP contribution in [0.15, 0.2) is 42.5 Å². The van der Waals surface area contributed by atoms with E-state index in [1.165, 1.54) is 0 Å². The van der Waals surface area contributed by atoms with Crippen LogP contribution in [0, 0.1) is 0 Å². The molecule has 22 heavy (non-hydrogen) atoms. The molecule has 1 fully saturated rings. The van der Waals surface area contributed by atoms with Gasteiger partial charge in [0, 0.05) is 24.8 Å². The number of aliphatic hydroxyl groups is 1. The van der Waals surface area contributed by atoms with Gasteiger partial charge < -0.3 is 24.2 Å². The zero-order chi connectivity index (χ0) is 15.5. The highest BCUT2D eigenvalue weighted by Crippen LogP contribution is 2.33. The number of nitrogens with zero attached hydrogens (tertiary/aromatic N) is 1. The van der Waals surface area contributed by atoms with Gasteiger partial charge in [0.2, 0.25) is 0 Å². The monoisotopic (exact) mass is 301 g/mol. The molecule has 2 aromatic carbocycles. The van der Waals surface area contributed by atoms with Crippen LogP contribution in [0.1, 0.15) is 0 Å². The van der Waals surface area contributed by atoms with Crippen molar-refractivity contribution in [1.82, 2.24) is 0 Å². The van der Waals surface area contributed by atoms with E-state index in [0.717, 1.165) is 11.4 Å². The Morgan fingerprint density at radius 3 is 2.14 bits per heavy atom. The van der Waals surface area contributed by atoms with Gasteiger partial charge in [-0.15, -0.1) is 0 Å². The molecule has 0 aromatic heterocycles. The summed E-state index contributed by atoms with van der Waals surface area (Å²) in [6, 6.07) is 13.2. The second-order valence-electron chi connectivity index (χ2n) is 5.17. The first kappa shape index (κ1) is 14.5. The molecule has 1 saturated heterocycles. The lowest BCUT2D eigenvalue weighted by Gasteiger charge is -2.37. The van der Waals surface area contributed by atoms with E-state index >= 15 is 0 Å². The highest BCUT2D eigenvalue weighted by atomic mass is 16.5. The van der Waals surface area contributed by atoms with Crippen LogP contribution in [0.25, 0.3) is 0 Å². The van der Waals surface area contributed by atoms with Crippen molar-refractivity contribution in [3.05, 3.63) is 42.5 Å². The second kappa shape index (κ2) is 6.15. The first-order valence-corrected chi connectivity index (χ1v) is 7.12. The summed E-state index contributed by atoms with van der Waals surface area (Å²) in [5, 5.41) is 9.33. The largest absolute Gasteiger partial charge is 0.493 e. The molecule has 3 rings (SSSR count). The molecule has 1 N–H and O–H groups in total. The summed E-state index contributed by atoms with van der Waals surface area (Å²) in [6.45, 7) is 1.38. The number of β-amino-alcohol motifs (C(OH)–C–C–N with tert-alkyl or cyclic N) is 1. The predicted molar refractivity (Wildman–Crippen MR) is 84.3 cm³/mol. The molecule has 0 atom stereocenters. The van der Waals surface area contributed by atoms with Gasteiger partial charge in [0.15, 0.2) is 11.5 Å². The molecular weight excluding hydrogens is 282 g/mol. The smallest absolute Gasteiger partial charge is 0.164 e. The van der Waals surface area contributed by atoms with Gasteiger partial charge in [0.05, 0.1) is 20.3 Å². The lowest BCUT2D eigenvalue weighted by Crippen LogP contribution is -2.50. The Labute approximate surface area is 129 Å². The summed E-state index contributed by atoms with van der Waals surface area (Å²) in [7, 11) is 3.20. The van der Waals surface area contributed by atoms with Gasteiger partial charge in [-0.05, 0) is 36.4 Å². The van der Waals surface area contributed by atoms with Gasteiger partial charge in [0.25, 0.3) is 0 Å². The highest BCUT2D eigenvalue weighted by Gasteiger charge is 2.24. The van der Waals surface area contributed by atoms with Crippen LogP contribution in [0.3, 0.4) is 0 Å². The molecule has 0 radical (unpaired) electrons. The van der Waals surface area contributed by atoms with Crippen LogP contribution < -0.4 is 19.1 Å². The summed E-state index contributed by atoms with van der Waals surface area (Å²) < 4.78 is 16.3. The molecule has 1 aliphatic heterocycles. The SMILES string of the molecule is COc1ccc(Oc2ccc(N3CC(O)C3)cc2)cc1OC. The van der Waals surface area contributed by atoms with E-state index in [4.69, 9.17) is 14.2 Å². The molecule has 0 bridgehead atoms. The first-order valence-electron chi connectivity index (χ1n) is 7.12. The van der Waals surface area contributed by atoms with Crippen LogP contribution in [0.5, 0.6) is 23.0 Å². The first-order chi connectivity index (χ1) is 10.7. The highest BCUT2D eigenvalue weighted by molar-refractivity contribution is 5.52. The normalized spacial score (nSPS) is 14.4. The third-order valence-electron chi connectivity index (χ3n) is 3.65. The number of methoxy groups -OCH3 is 2. The van der Waals surface area contributed by atoms with Crippen molar-refractivity contribution >= 4 is 5.69 Å². The number of aliphatic hydroxyl groups excluding tert-OH is 1. The molecule has 5 nitrogen and oxygen atoms in total. The Morgan fingerprint density at radius 2 is 1.55 bits per heavy atom. The standard InChI is InChI=1S/C17H19NO4/c1-20-16-8-7-15(9-17(16)21-2)22-14-5-3-12(4-6-14)18-10-13(19)11-18/h3-9,13,19H,10-11H2,1-2H3. The van der Waals surface area contributed by atoms with Crippen molar-refractivity contribution in [1.29, 1.82) is 0 Å². The Balaban J connectivity index is 1.70. The minimum atomic E-state index is -0.206. The van der Waals surface area contributed by atoms with Crippen molar-refractivity contribution in [2.45, 2.75) is 6.10 Å². The maximum atomic E-state index is 9.33. The van der Waals surface area contributed by atoms with Gasteiger partial charge in [-0.2, -0.15) is 0 Å². The predicted octanol–water partition coefficient (Wildman–Crippen LogP) is 2.68. The summed E-state index contributed by atoms with van der Waals surface area (Å²) in [5.41, 5.74) is 1.09. The lowest BCUT2D eigenvalue weighted by molar-refractivity contribution is 0.142. The fourth-order valence-corrected chi connectivity index (χ4v) is 2.41. The van der Waals surface area contributed by atoms with Gasteiger partial charge in [0.1, 0.15) is 11.5 Å². The van der Waals surface area contributed by atoms with Crippen LogP contribution >= 0.6 is 0 Å². The van der Waals surface area contributed by atoms with Crippen molar-refractivity contribution in [2.24, 2.45) is 0 Å². The zero-order valence-electron chi connectivity index (χ0n) is 12.7. The van der Waals surface area contributed by atoms with Crippen molar-refractivity contribution in [2.75, 3.05) is 32.2 Å². The van der Waals surface area contributed by atoms with E-state index < -0.39 is 0 Å². The lowest BCUT2D eigenvalue weighted by atomic mass is 10.1. The van der Waals surface area contributed by atoms with Gasteiger partial charge >= 0.3 is 0 Å². The van der Waals surface area contributed by atoms with Crippen LogP contribution in [-0.4, -0.2) is 38.5 Å². The fourth-order valence-electron chi connectivity index (χ4n) is 2.41. The molecule has 1 aliphatic rings. The number of ether oxygens (including phenoxy) is 3. The zero-order valence-corrected chi connectivity index (χ0v) is 12.7. The molecule has 1 heterocycles. The van der Waals surface area contributed by atoms with Crippen LogP contribution in [-0.2, 0) is 0 Å². The van der Waals surface area contributed by atoms with Gasteiger partial charge in [-0.25, -0.2) is 0 Å². The van der Waals surface area contributed by atoms with Gasteiger partial charge in [-0.3, -0.25) is 0 Å². The summed E-state index contributed by atoms with van der Waals surface area (Å²) in [5.74, 6) is 2.73. The van der Waals surface area contributed by atoms with E-state index in [2.05, 4.69) is 4.90 Å². The number of anilines is 1. The molecule has 0 unspecified atom stereocenters. The average Bonchev–Trinajstić information content (AvgIpc) is 2.52. The van der Waals surface area contributed by atoms with E-state index in [9.17, 15) is 5.11 Å². The minimum Gasteiger partial charge on any atom is -0.493 e. The number of hydrogen-bond donors (Lipinski definition) is 1. The Kier molecular flexibility index (Phi) is 4.06. The van der Waals surface area contributed by atoms with E-state index in [-0.39, 0.29) is 6.10 Å². The topological polar surface area (TPSA) is 51.2 Å². The minimum absolute atomic E-state index is 0.206. The van der Waals surface area contributed by atoms with Crippen molar-refractivity contribution in [3.63, 3.8) is 0 Å². The second-order valence-corrected chi connectivity index (χ2v) is 5.17. The van der Waals surface area contributed by atoms with E-state index in [0.29, 0.717) is 30.3 Å². The average molecular weight is 301 g/mol. The maximum absolute atomic E-state index is 9.33. The number of rotatable bonds is 5. The van der Waals surface area contributed by atoms with E-state index in [1.54, 1.807) is 20.3 Å². The van der Waals surface area contributed by atoms with Crippen molar-refractivity contribution < 1.29 is 19.3 Å². The summed E-state index contributed by atoms with van der Waals surface area (Å²) in [6.07, 6.45) is -0.206. The Morgan fingerprint density at radius 1 is 0.909 bits per heavy atom. The third kappa shape index (κ3) is 2.94. The molecule has 0 amide bonds. The molecule has 5 heteroatoms. The number of benzene rings is 2. The fraction of sp³-hybridized carbons (Fsp3) is 0.294. The van der Waals surface area contributed by atoms with Crippen LogP contribution in [0.2, 0.25) is 0 Å². The third-order valence-corrected chi connectivity index (χ3v) is 3.65. The molecule has 116 valence electrons. The van der Waals surface area contributed by atoms with Crippen molar-refractivity contribution in [3.8, 4) is 23.0 Å². The van der Waals surface area contributed by atoms with Crippen LogP contribution in [0.4, 0.5) is 5.69 Å². The molecule has 2 aromatic rings. The Bertz CT molecular complexity index is 636. The summed E-state index contributed by atoms with van der Waals surface area (Å²) >= 11 is 0.